The van der Waals surface area contributed by atoms with Crippen LogP contribution >= 0.6 is 0 Å². The second kappa shape index (κ2) is 7.04. The molecule has 2 fully saturated rings. The molecule has 3 unspecified atom stereocenters. The molecule has 4 nitrogen and oxygen atoms in total. The molecule has 0 aromatic heterocycles. The smallest absolute Gasteiger partial charge is 0.150 e. The van der Waals surface area contributed by atoms with Crippen molar-refractivity contribution in [1.29, 1.82) is 0 Å². The molecule has 2 rings (SSSR count). The highest BCUT2D eigenvalue weighted by Crippen LogP contribution is 2.25. The standard InChI is InChI=1S/C14H27NO3S/c1-2-15-13(5-6-14-4-3-8-18-14)10-12-7-9-19(16,17)11-12/h12-15H,2-11H2,1H3. The average molecular weight is 289 g/mol. The maximum Gasteiger partial charge on any atom is 0.150 e. The summed E-state index contributed by atoms with van der Waals surface area (Å²) in [5.74, 6) is 1.15. The van der Waals surface area contributed by atoms with Gasteiger partial charge in [0.1, 0.15) is 0 Å². The van der Waals surface area contributed by atoms with Crippen molar-refractivity contribution in [2.75, 3.05) is 24.7 Å². The Bertz CT molecular complexity index is 363. The van der Waals surface area contributed by atoms with Crippen LogP contribution in [0.2, 0.25) is 0 Å². The number of hydrogen-bond donors (Lipinski definition) is 1. The minimum Gasteiger partial charge on any atom is -0.378 e. The summed E-state index contributed by atoms with van der Waals surface area (Å²) in [4.78, 5) is 0. The van der Waals surface area contributed by atoms with Crippen LogP contribution in [0, 0.1) is 5.92 Å². The molecule has 0 aromatic rings. The predicted octanol–water partition coefficient (Wildman–Crippen LogP) is 1.75. The minimum absolute atomic E-state index is 0.360. The van der Waals surface area contributed by atoms with Crippen molar-refractivity contribution >= 4 is 9.84 Å². The van der Waals surface area contributed by atoms with Gasteiger partial charge in [0.25, 0.3) is 0 Å². The van der Waals surface area contributed by atoms with Crippen LogP contribution in [0.25, 0.3) is 0 Å². The third kappa shape index (κ3) is 5.04. The summed E-state index contributed by atoms with van der Waals surface area (Å²) in [5.41, 5.74) is 0. The molecule has 1 N–H and O–H groups in total. The van der Waals surface area contributed by atoms with Crippen LogP contribution in [0.1, 0.15) is 45.4 Å². The molecular formula is C14H27NO3S. The summed E-state index contributed by atoms with van der Waals surface area (Å²) in [6.07, 6.45) is 6.89. The summed E-state index contributed by atoms with van der Waals surface area (Å²) in [6.45, 7) is 3.98. The van der Waals surface area contributed by atoms with Crippen molar-refractivity contribution in [1.82, 2.24) is 5.32 Å². The van der Waals surface area contributed by atoms with Crippen molar-refractivity contribution in [2.45, 2.75) is 57.6 Å². The molecule has 19 heavy (non-hydrogen) atoms. The van der Waals surface area contributed by atoms with Gasteiger partial charge in [-0.3, -0.25) is 0 Å². The molecule has 3 atom stereocenters. The van der Waals surface area contributed by atoms with E-state index in [1.54, 1.807) is 0 Å². The number of nitrogens with one attached hydrogen (secondary N) is 1. The van der Waals surface area contributed by atoms with Gasteiger partial charge in [0.2, 0.25) is 0 Å². The molecule has 0 saturated carbocycles. The summed E-state index contributed by atoms with van der Waals surface area (Å²) in [6, 6.07) is 0.451. The fourth-order valence-electron chi connectivity index (χ4n) is 3.31. The minimum atomic E-state index is -2.74. The molecule has 0 radical (unpaired) electrons. The van der Waals surface area contributed by atoms with Gasteiger partial charge in [0.05, 0.1) is 17.6 Å². The summed E-state index contributed by atoms with van der Waals surface area (Å²) < 4.78 is 28.7. The number of ether oxygens (including phenoxy) is 1. The van der Waals surface area contributed by atoms with E-state index in [0.717, 1.165) is 38.8 Å². The summed E-state index contributed by atoms with van der Waals surface area (Å²) in [5, 5.41) is 3.51. The normalized spacial score (nSPS) is 31.6. The Kier molecular flexibility index (Phi) is 5.66. The Morgan fingerprint density at radius 3 is 2.79 bits per heavy atom. The van der Waals surface area contributed by atoms with Crippen molar-refractivity contribution < 1.29 is 13.2 Å². The first-order valence-corrected chi connectivity index (χ1v) is 9.46. The van der Waals surface area contributed by atoms with E-state index in [0.29, 0.717) is 29.6 Å². The first kappa shape index (κ1) is 15.3. The number of rotatable bonds is 7. The highest BCUT2D eigenvalue weighted by atomic mass is 32.2. The van der Waals surface area contributed by atoms with Crippen LogP contribution in [0.4, 0.5) is 0 Å². The molecule has 2 saturated heterocycles. The fraction of sp³-hybridized carbons (Fsp3) is 1.00. The molecule has 0 bridgehead atoms. The monoisotopic (exact) mass is 289 g/mol. The van der Waals surface area contributed by atoms with Crippen LogP contribution in [0.15, 0.2) is 0 Å². The van der Waals surface area contributed by atoms with E-state index in [9.17, 15) is 8.42 Å². The van der Waals surface area contributed by atoms with Gasteiger partial charge in [-0.2, -0.15) is 0 Å². The summed E-state index contributed by atoms with van der Waals surface area (Å²) in [7, 11) is -2.74. The number of hydrogen-bond acceptors (Lipinski definition) is 4. The maximum absolute atomic E-state index is 11.5. The van der Waals surface area contributed by atoms with E-state index in [1.165, 1.54) is 12.8 Å². The van der Waals surface area contributed by atoms with Gasteiger partial charge < -0.3 is 10.1 Å². The molecule has 0 spiro atoms. The van der Waals surface area contributed by atoms with Gasteiger partial charge in [-0.25, -0.2) is 8.42 Å². The SMILES string of the molecule is CCNC(CCC1CCCO1)CC1CCS(=O)(=O)C1. The van der Waals surface area contributed by atoms with Crippen molar-refractivity contribution in [2.24, 2.45) is 5.92 Å². The lowest BCUT2D eigenvalue weighted by atomic mass is 9.95. The zero-order valence-electron chi connectivity index (χ0n) is 11.9. The highest BCUT2D eigenvalue weighted by molar-refractivity contribution is 7.91. The van der Waals surface area contributed by atoms with Gasteiger partial charge in [-0.1, -0.05) is 6.92 Å². The molecule has 5 heteroatoms. The van der Waals surface area contributed by atoms with Gasteiger partial charge in [0, 0.05) is 12.6 Å². The lowest BCUT2D eigenvalue weighted by Crippen LogP contribution is -2.32. The van der Waals surface area contributed by atoms with Crippen LogP contribution < -0.4 is 5.32 Å². The van der Waals surface area contributed by atoms with E-state index >= 15 is 0 Å². The third-order valence-corrected chi connectivity index (χ3v) is 6.14. The number of sulfone groups is 1. The van der Waals surface area contributed by atoms with E-state index in [-0.39, 0.29) is 0 Å². The topological polar surface area (TPSA) is 55.4 Å². The third-order valence-electron chi connectivity index (χ3n) is 4.30. The van der Waals surface area contributed by atoms with Gasteiger partial charge in [0.15, 0.2) is 9.84 Å². The molecule has 112 valence electrons. The van der Waals surface area contributed by atoms with E-state index in [1.807, 2.05) is 0 Å². The van der Waals surface area contributed by atoms with Crippen LogP contribution in [-0.2, 0) is 14.6 Å². The molecule has 0 aliphatic carbocycles. The lowest BCUT2D eigenvalue weighted by Gasteiger charge is -2.22. The van der Waals surface area contributed by atoms with Gasteiger partial charge in [-0.15, -0.1) is 0 Å². The lowest BCUT2D eigenvalue weighted by molar-refractivity contribution is 0.0988. The Hall–Kier alpha value is -0.130. The molecule has 0 amide bonds. The Balaban J connectivity index is 1.75. The second-order valence-corrected chi connectivity index (χ2v) is 8.20. The van der Waals surface area contributed by atoms with Gasteiger partial charge >= 0.3 is 0 Å². The van der Waals surface area contributed by atoms with E-state index < -0.39 is 9.84 Å². The first-order valence-electron chi connectivity index (χ1n) is 7.64. The van der Waals surface area contributed by atoms with Crippen molar-refractivity contribution in [3.05, 3.63) is 0 Å². The average Bonchev–Trinajstić information content (AvgIpc) is 2.96. The van der Waals surface area contributed by atoms with Gasteiger partial charge in [-0.05, 0) is 51.0 Å². The van der Waals surface area contributed by atoms with Crippen LogP contribution in [0.5, 0.6) is 0 Å². The zero-order chi connectivity index (χ0) is 13.7. The molecular weight excluding hydrogens is 262 g/mol. The van der Waals surface area contributed by atoms with E-state index in [4.69, 9.17) is 4.74 Å². The fourth-order valence-corrected chi connectivity index (χ4v) is 5.19. The highest BCUT2D eigenvalue weighted by Gasteiger charge is 2.29. The predicted molar refractivity (Wildman–Crippen MR) is 77.1 cm³/mol. The molecule has 2 aliphatic heterocycles. The molecule has 0 aromatic carbocycles. The van der Waals surface area contributed by atoms with Crippen LogP contribution in [0.3, 0.4) is 0 Å². The Morgan fingerprint density at radius 2 is 2.21 bits per heavy atom. The second-order valence-electron chi connectivity index (χ2n) is 5.97. The summed E-state index contributed by atoms with van der Waals surface area (Å²) >= 11 is 0. The first-order chi connectivity index (χ1) is 9.09. The molecule has 2 heterocycles. The largest absolute Gasteiger partial charge is 0.378 e. The Morgan fingerprint density at radius 1 is 1.37 bits per heavy atom. The quantitative estimate of drug-likeness (QED) is 0.776. The van der Waals surface area contributed by atoms with Crippen molar-refractivity contribution in [3.63, 3.8) is 0 Å². The molecule has 2 aliphatic rings. The van der Waals surface area contributed by atoms with E-state index in [2.05, 4.69) is 12.2 Å². The Labute approximate surface area is 117 Å². The zero-order valence-corrected chi connectivity index (χ0v) is 12.8. The maximum atomic E-state index is 11.5. The van der Waals surface area contributed by atoms with Crippen LogP contribution in [-0.4, -0.2) is 45.2 Å². The van der Waals surface area contributed by atoms with Crippen molar-refractivity contribution in [3.8, 4) is 0 Å².